The Bertz CT molecular complexity index is 17.6. The van der Waals surface area contributed by atoms with Crippen molar-refractivity contribution in [3.63, 3.8) is 0 Å². The second-order valence-corrected chi connectivity index (χ2v) is 1.27. The van der Waals surface area contributed by atoms with Gasteiger partial charge >= 0.3 is 0 Å². The molecule has 0 rings (SSSR count). The van der Waals surface area contributed by atoms with Gasteiger partial charge in [0.25, 0.3) is 0 Å². The molecule has 0 aromatic rings. The topological polar surface area (TPSA) is 26.0 Å². The van der Waals surface area contributed by atoms with Crippen molar-refractivity contribution in [2.24, 2.45) is 5.73 Å². The van der Waals surface area contributed by atoms with Crippen LogP contribution in [0.15, 0.2) is 0 Å². The average Bonchev–Trinajstić information content (AvgIpc) is 1.38. The zero-order valence-electron chi connectivity index (χ0n) is 3.57. The molecule has 0 unspecified atom stereocenters. The zero-order chi connectivity index (χ0) is 4.28. The molecular formula is C4H10N. The first-order chi connectivity index (χ1) is 2.27. The van der Waals surface area contributed by atoms with E-state index in [1.54, 1.807) is 0 Å². The Kier molecular flexibility index (Phi) is 2.19. The summed E-state index contributed by atoms with van der Waals surface area (Å²) in [4.78, 5) is 0. The Morgan fingerprint density at radius 3 is 2.20 bits per heavy atom. The van der Waals surface area contributed by atoms with Gasteiger partial charge in [0.15, 0.2) is 0 Å². The van der Waals surface area contributed by atoms with Crippen LogP contribution in [-0.4, -0.2) is 6.04 Å². The second-order valence-electron chi connectivity index (χ2n) is 1.27. The molecule has 0 fully saturated rings. The summed E-state index contributed by atoms with van der Waals surface area (Å²) in [6, 6.07) is 0.273. The highest BCUT2D eigenvalue weighted by Crippen LogP contribution is 1.76. The minimum Gasteiger partial charge on any atom is -0.328 e. The summed E-state index contributed by atoms with van der Waals surface area (Å²) in [5.74, 6) is 0. The number of rotatable bonds is 1. The third kappa shape index (κ3) is 3.96. The highest BCUT2D eigenvalue weighted by atomic mass is 14.6. The summed E-state index contributed by atoms with van der Waals surface area (Å²) >= 11 is 0. The molecule has 0 aromatic carbocycles. The predicted molar refractivity (Wildman–Crippen MR) is 23.6 cm³/mol. The fourth-order valence-corrected chi connectivity index (χ4v) is 0. The molecule has 0 spiro atoms. The van der Waals surface area contributed by atoms with Crippen molar-refractivity contribution in [2.45, 2.75) is 19.4 Å². The van der Waals surface area contributed by atoms with Crippen LogP contribution in [0, 0.1) is 6.92 Å². The molecule has 0 saturated heterocycles. The second kappa shape index (κ2) is 2.21. The molecule has 0 aliphatic heterocycles. The Balaban J connectivity index is 2.54. The molecule has 0 amide bonds. The highest BCUT2D eigenvalue weighted by molar-refractivity contribution is 4.51. The zero-order valence-corrected chi connectivity index (χ0v) is 3.57. The maximum Gasteiger partial charge on any atom is 0.00104 e. The number of hydrogen-bond donors (Lipinski definition) is 1. The smallest absolute Gasteiger partial charge is 0.00104 e. The molecule has 1 atom stereocenters. The van der Waals surface area contributed by atoms with Gasteiger partial charge in [-0.15, -0.1) is 0 Å². The van der Waals surface area contributed by atoms with Crippen LogP contribution >= 0.6 is 0 Å². The molecule has 1 nitrogen and oxygen atoms in total. The summed E-state index contributed by atoms with van der Waals surface area (Å²) in [6.45, 7) is 5.50. The van der Waals surface area contributed by atoms with Gasteiger partial charge in [-0.05, 0) is 13.3 Å². The standard InChI is InChI=1S/C4H10N/c1-3-4(2)5/h4H,1,3,5H2,2H3/t4-/m0/s1. The lowest BCUT2D eigenvalue weighted by molar-refractivity contribution is 0.755. The van der Waals surface area contributed by atoms with Gasteiger partial charge in [0, 0.05) is 6.04 Å². The molecule has 0 saturated carbocycles. The van der Waals surface area contributed by atoms with Gasteiger partial charge in [0.05, 0.1) is 0 Å². The molecular weight excluding hydrogens is 62.1 g/mol. The van der Waals surface area contributed by atoms with Crippen molar-refractivity contribution in [1.29, 1.82) is 0 Å². The average molecular weight is 72.1 g/mol. The van der Waals surface area contributed by atoms with Gasteiger partial charge < -0.3 is 5.73 Å². The third-order valence-corrected chi connectivity index (χ3v) is 0.455. The number of hydrogen-bond acceptors (Lipinski definition) is 1. The van der Waals surface area contributed by atoms with Gasteiger partial charge in [-0.25, -0.2) is 0 Å². The summed E-state index contributed by atoms with van der Waals surface area (Å²) < 4.78 is 0. The Morgan fingerprint density at radius 2 is 2.20 bits per heavy atom. The first-order valence-electron chi connectivity index (χ1n) is 1.82. The van der Waals surface area contributed by atoms with Crippen LogP contribution in [0.4, 0.5) is 0 Å². The number of nitrogens with two attached hydrogens (primary N) is 1. The van der Waals surface area contributed by atoms with Crippen molar-refractivity contribution in [3.05, 3.63) is 6.92 Å². The molecule has 31 valence electrons. The normalized spacial score (nSPS) is 15.0. The molecule has 2 N–H and O–H groups in total. The van der Waals surface area contributed by atoms with Crippen molar-refractivity contribution < 1.29 is 0 Å². The van der Waals surface area contributed by atoms with Crippen molar-refractivity contribution >= 4 is 0 Å². The Hall–Kier alpha value is -0.0400. The summed E-state index contributed by atoms with van der Waals surface area (Å²) in [6.07, 6.45) is 0.833. The third-order valence-electron chi connectivity index (χ3n) is 0.455. The summed E-state index contributed by atoms with van der Waals surface area (Å²) in [5.41, 5.74) is 5.23. The van der Waals surface area contributed by atoms with Crippen molar-refractivity contribution in [2.75, 3.05) is 0 Å². The summed E-state index contributed by atoms with van der Waals surface area (Å²) in [7, 11) is 0. The van der Waals surface area contributed by atoms with Gasteiger partial charge in [-0.1, -0.05) is 6.92 Å². The lowest BCUT2D eigenvalue weighted by Gasteiger charge is -1.91. The minimum atomic E-state index is 0.273. The first-order valence-corrected chi connectivity index (χ1v) is 1.82. The van der Waals surface area contributed by atoms with Crippen LogP contribution in [0.5, 0.6) is 0 Å². The lowest BCUT2D eigenvalue weighted by atomic mass is 10.3. The van der Waals surface area contributed by atoms with Gasteiger partial charge in [0.1, 0.15) is 0 Å². The molecule has 0 bridgehead atoms. The molecule has 1 heteroatoms. The van der Waals surface area contributed by atoms with E-state index in [1.807, 2.05) is 6.92 Å². The van der Waals surface area contributed by atoms with Crippen LogP contribution in [0.2, 0.25) is 0 Å². The van der Waals surface area contributed by atoms with Crippen LogP contribution in [0.3, 0.4) is 0 Å². The Labute approximate surface area is 33.2 Å². The lowest BCUT2D eigenvalue weighted by Crippen LogP contribution is -2.11. The molecule has 5 heavy (non-hydrogen) atoms. The largest absolute Gasteiger partial charge is 0.328 e. The van der Waals surface area contributed by atoms with Crippen LogP contribution in [0.1, 0.15) is 13.3 Å². The van der Waals surface area contributed by atoms with E-state index in [-0.39, 0.29) is 6.04 Å². The van der Waals surface area contributed by atoms with E-state index in [9.17, 15) is 0 Å². The van der Waals surface area contributed by atoms with Crippen molar-refractivity contribution in [3.8, 4) is 0 Å². The van der Waals surface area contributed by atoms with E-state index in [2.05, 4.69) is 6.92 Å². The van der Waals surface area contributed by atoms with Gasteiger partial charge in [0.2, 0.25) is 0 Å². The monoisotopic (exact) mass is 72.1 g/mol. The molecule has 0 aromatic heterocycles. The van der Waals surface area contributed by atoms with Gasteiger partial charge in [-0.2, -0.15) is 0 Å². The fraction of sp³-hybridized carbons (Fsp3) is 0.750. The van der Waals surface area contributed by atoms with Crippen LogP contribution in [-0.2, 0) is 0 Å². The van der Waals surface area contributed by atoms with Crippen molar-refractivity contribution in [1.82, 2.24) is 0 Å². The van der Waals surface area contributed by atoms with E-state index < -0.39 is 0 Å². The van der Waals surface area contributed by atoms with E-state index in [4.69, 9.17) is 5.73 Å². The highest BCUT2D eigenvalue weighted by Gasteiger charge is 1.79. The molecule has 1 radical (unpaired) electrons. The van der Waals surface area contributed by atoms with Crippen LogP contribution < -0.4 is 5.73 Å². The first kappa shape index (κ1) is 4.96. The molecule has 0 aliphatic carbocycles. The van der Waals surface area contributed by atoms with E-state index in [0.717, 1.165) is 6.42 Å². The fourth-order valence-electron chi connectivity index (χ4n) is 0. The molecule has 0 heterocycles. The van der Waals surface area contributed by atoms with E-state index in [0.29, 0.717) is 0 Å². The summed E-state index contributed by atoms with van der Waals surface area (Å²) in [5, 5.41) is 0. The van der Waals surface area contributed by atoms with Crippen LogP contribution in [0.25, 0.3) is 0 Å². The SMILES string of the molecule is [CH2]C[C@H](C)N. The van der Waals surface area contributed by atoms with E-state index in [1.165, 1.54) is 0 Å². The quantitative estimate of drug-likeness (QED) is 0.481. The molecule has 0 aliphatic rings. The maximum absolute atomic E-state index is 5.23. The predicted octanol–water partition coefficient (Wildman–Crippen LogP) is 0.558. The van der Waals surface area contributed by atoms with Gasteiger partial charge in [-0.3, -0.25) is 0 Å². The Morgan fingerprint density at radius 1 is 2.00 bits per heavy atom. The maximum atomic E-state index is 5.23. The minimum absolute atomic E-state index is 0.273. The van der Waals surface area contributed by atoms with E-state index >= 15 is 0 Å².